The molecule has 2 aliphatic rings. The molecule has 0 saturated carbocycles. The first kappa shape index (κ1) is 26.4. The lowest BCUT2D eigenvalue weighted by Crippen LogP contribution is -2.64. The number of aliphatic hydroxyl groups is 8. The van der Waals surface area contributed by atoms with Crippen LogP contribution in [0.1, 0.15) is 20.8 Å². The van der Waals surface area contributed by atoms with E-state index in [9.17, 15) is 45.6 Å². The van der Waals surface area contributed by atoms with Crippen LogP contribution in [0.3, 0.4) is 0 Å². The first-order valence-corrected chi connectivity index (χ1v) is 9.92. The molecule has 13 heteroatoms. The summed E-state index contributed by atoms with van der Waals surface area (Å²) < 4.78 is 21.8. The third-order valence-electron chi connectivity index (χ3n) is 5.48. The Bertz CT molecular complexity index is 577. The van der Waals surface area contributed by atoms with Crippen molar-refractivity contribution in [1.82, 2.24) is 0 Å². The molecule has 31 heavy (non-hydrogen) atoms. The van der Waals surface area contributed by atoms with Crippen molar-refractivity contribution in [3.05, 3.63) is 0 Å². The average Bonchev–Trinajstić information content (AvgIpc) is 2.73. The van der Waals surface area contributed by atoms with Gasteiger partial charge < -0.3 is 64.6 Å². The molecule has 0 spiro atoms. The summed E-state index contributed by atoms with van der Waals surface area (Å²) in [5.41, 5.74) is 0. The van der Waals surface area contributed by atoms with Crippen LogP contribution in [-0.2, 0) is 23.7 Å². The third-order valence-corrected chi connectivity index (χ3v) is 5.48. The first-order valence-electron chi connectivity index (χ1n) is 9.92. The van der Waals surface area contributed by atoms with Crippen molar-refractivity contribution in [1.29, 1.82) is 0 Å². The zero-order valence-corrected chi connectivity index (χ0v) is 17.3. The topological polar surface area (TPSA) is 216 Å². The van der Waals surface area contributed by atoms with E-state index in [1.54, 1.807) is 0 Å². The fourth-order valence-electron chi connectivity index (χ4n) is 3.41. The monoisotopic (exact) mass is 456 g/mol. The minimum Gasteiger partial charge on any atom is -0.391 e. The Morgan fingerprint density at radius 1 is 0.806 bits per heavy atom. The Morgan fingerprint density at radius 2 is 1.32 bits per heavy atom. The third kappa shape index (κ3) is 5.76. The molecule has 0 radical (unpaired) electrons. The summed E-state index contributed by atoms with van der Waals surface area (Å²) in [7, 11) is 0. The van der Waals surface area contributed by atoms with Crippen LogP contribution in [0.15, 0.2) is 0 Å². The van der Waals surface area contributed by atoms with Crippen LogP contribution in [0.25, 0.3) is 0 Å². The Hall–Kier alpha value is -0.810. The van der Waals surface area contributed by atoms with E-state index in [4.69, 9.17) is 18.9 Å². The van der Waals surface area contributed by atoms with Gasteiger partial charge >= 0.3 is 0 Å². The van der Waals surface area contributed by atoms with Crippen LogP contribution >= 0.6 is 0 Å². The van der Waals surface area contributed by atoms with Crippen molar-refractivity contribution in [2.75, 3.05) is 0 Å². The van der Waals surface area contributed by atoms with Crippen molar-refractivity contribution < 1.29 is 64.6 Å². The molecule has 0 aromatic rings. The summed E-state index contributed by atoms with van der Waals surface area (Å²) in [6.07, 6.45) is -21.4. The number of carbonyl (C=O) groups is 1. The molecule has 0 aromatic carbocycles. The SMILES string of the molecule is C[C@H](O)[C@H](O)[C@H](O[C@H]1O[C@@H](C)[C@H](O)[C@H](O)[C@H]1O[C@H]1O[C@@H](C)[C@H](O)[C@H](O)[C@H]1O)[C@@H](O)C=O. The summed E-state index contributed by atoms with van der Waals surface area (Å²) >= 11 is 0. The van der Waals surface area contributed by atoms with E-state index in [1.807, 2.05) is 0 Å². The van der Waals surface area contributed by atoms with E-state index in [0.717, 1.165) is 0 Å². The summed E-state index contributed by atoms with van der Waals surface area (Å²) in [5.74, 6) is 0. The van der Waals surface area contributed by atoms with E-state index in [0.29, 0.717) is 0 Å². The molecular weight excluding hydrogens is 424 g/mol. The number of ether oxygens (including phenoxy) is 4. The molecule has 2 saturated heterocycles. The number of rotatable bonds is 8. The Morgan fingerprint density at radius 3 is 1.84 bits per heavy atom. The smallest absolute Gasteiger partial charge is 0.187 e. The number of hydrogen-bond donors (Lipinski definition) is 8. The van der Waals surface area contributed by atoms with Gasteiger partial charge in [0, 0.05) is 0 Å². The number of hydrogen-bond acceptors (Lipinski definition) is 13. The molecule has 2 rings (SSSR count). The molecule has 13 nitrogen and oxygen atoms in total. The van der Waals surface area contributed by atoms with Gasteiger partial charge in [-0.25, -0.2) is 0 Å². The molecule has 2 aliphatic heterocycles. The fraction of sp³-hybridized carbons (Fsp3) is 0.944. The lowest BCUT2D eigenvalue weighted by atomic mass is 9.97. The van der Waals surface area contributed by atoms with Crippen LogP contribution < -0.4 is 0 Å². The van der Waals surface area contributed by atoms with Gasteiger partial charge in [-0.3, -0.25) is 0 Å². The van der Waals surface area contributed by atoms with Crippen LogP contribution in [0.2, 0.25) is 0 Å². The molecule has 14 atom stereocenters. The van der Waals surface area contributed by atoms with Gasteiger partial charge in [0.1, 0.15) is 54.9 Å². The highest BCUT2D eigenvalue weighted by Crippen LogP contribution is 2.30. The van der Waals surface area contributed by atoms with Crippen molar-refractivity contribution in [2.45, 2.75) is 107 Å². The molecule has 0 bridgehead atoms. The van der Waals surface area contributed by atoms with Gasteiger partial charge in [0.25, 0.3) is 0 Å². The van der Waals surface area contributed by atoms with Gasteiger partial charge in [0.05, 0.1) is 18.3 Å². The first-order chi connectivity index (χ1) is 14.4. The summed E-state index contributed by atoms with van der Waals surface area (Å²) in [6.45, 7) is 3.99. The minimum absolute atomic E-state index is 0.0666. The molecule has 0 amide bonds. The van der Waals surface area contributed by atoms with Crippen LogP contribution in [0.4, 0.5) is 0 Å². The minimum atomic E-state index is -1.89. The summed E-state index contributed by atoms with van der Waals surface area (Å²) in [6, 6.07) is 0. The largest absolute Gasteiger partial charge is 0.391 e. The Labute approximate surface area is 178 Å². The predicted molar refractivity (Wildman–Crippen MR) is 98.2 cm³/mol. The zero-order chi connectivity index (χ0) is 23.6. The highest BCUT2D eigenvalue weighted by molar-refractivity contribution is 5.56. The molecule has 0 unspecified atom stereocenters. The molecule has 2 heterocycles. The van der Waals surface area contributed by atoms with Crippen molar-refractivity contribution in [3.63, 3.8) is 0 Å². The highest BCUT2D eigenvalue weighted by Gasteiger charge is 2.50. The quantitative estimate of drug-likeness (QED) is 0.161. The second-order valence-corrected chi connectivity index (χ2v) is 7.93. The van der Waals surface area contributed by atoms with E-state index in [-0.39, 0.29) is 6.29 Å². The molecule has 0 aliphatic carbocycles. The zero-order valence-electron chi connectivity index (χ0n) is 17.3. The number of aldehydes is 1. The van der Waals surface area contributed by atoms with E-state index in [1.165, 1.54) is 20.8 Å². The van der Waals surface area contributed by atoms with Crippen molar-refractivity contribution >= 4 is 6.29 Å². The molecular formula is C18H32O13. The Kier molecular flexibility index (Phi) is 9.27. The maximum absolute atomic E-state index is 11.1. The van der Waals surface area contributed by atoms with E-state index in [2.05, 4.69) is 0 Å². The maximum Gasteiger partial charge on any atom is 0.187 e. The molecule has 182 valence electrons. The number of aliphatic hydroxyl groups excluding tert-OH is 8. The van der Waals surface area contributed by atoms with Gasteiger partial charge in [-0.2, -0.15) is 0 Å². The standard InChI is InChI=1S/C18H32O13/c1-5(20)9(22)15(8(21)4-19)30-18-16(13(26)11(24)7(3)29-18)31-17-14(27)12(25)10(23)6(2)28-17/h4-18,20-27H,1-3H3/t5-,6-,7-,8-,9-,10-,11-,12-,13-,14+,15+,16+,17+,18+/m0/s1. The van der Waals surface area contributed by atoms with Gasteiger partial charge in [-0.15, -0.1) is 0 Å². The lowest BCUT2D eigenvalue weighted by molar-refractivity contribution is -0.371. The van der Waals surface area contributed by atoms with Gasteiger partial charge in [-0.1, -0.05) is 0 Å². The van der Waals surface area contributed by atoms with Crippen LogP contribution in [-0.4, -0.2) is 133 Å². The van der Waals surface area contributed by atoms with Gasteiger partial charge in [0.15, 0.2) is 18.9 Å². The average molecular weight is 456 g/mol. The van der Waals surface area contributed by atoms with Crippen LogP contribution in [0, 0.1) is 0 Å². The van der Waals surface area contributed by atoms with E-state index >= 15 is 0 Å². The maximum atomic E-state index is 11.1. The molecule has 2 fully saturated rings. The lowest BCUT2D eigenvalue weighted by Gasteiger charge is -2.46. The highest BCUT2D eigenvalue weighted by atomic mass is 16.8. The van der Waals surface area contributed by atoms with E-state index < -0.39 is 85.8 Å². The predicted octanol–water partition coefficient (Wildman–Crippen LogP) is -4.65. The summed E-state index contributed by atoms with van der Waals surface area (Å²) in [4.78, 5) is 11.1. The Balaban J connectivity index is 2.27. The van der Waals surface area contributed by atoms with Crippen LogP contribution in [0.5, 0.6) is 0 Å². The van der Waals surface area contributed by atoms with Crippen molar-refractivity contribution in [2.24, 2.45) is 0 Å². The van der Waals surface area contributed by atoms with Gasteiger partial charge in [0.2, 0.25) is 0 Å². The normalized spacial score (nSPS) is 45.5. The summed E-state index contributed by atoms with van der Waals surface area (Å²) in [5, 5.41) is 80.3. The van der Waals surface area contributed by atoms with Crippen molar-refractivity contribution in [3.8, 4) is 0 Å². The fourth-order valence-corrected chi connectivity index (χ4v) is 3.41. The second-order valence-electron chi connectivity index (χ2n) is 7.93. The molecule has 0 aromatic heterocycles. The van der Waals surface area contributed by atoms with Gasteiger partial charge in [-0.05, 0) is 20.8 Å². The second kappa shape index (κ2) is 10.9. The molecule has 8 N–H and O–H groups in total. The number of carbonyl (C=O) groups excluding carboxylic acids is 1.